The third kappa shape index (κ3) is 2.71. The largest absolute Gasteiger partial charge is 0.392 e. The Balaban J connectivity index is 2.43. The SMILES string of the molecule is CC(C)C(=Cc1ccc2ccccc2n1)CO. The van der Waals surface area contributed by atoms with Crippen LogP contribution >= 0.6 is 0 Å². The standard InChI is InChI=1S/C15H17NO/c1-11(2)13(10-17)9-14-8-7-12-5-3-4-6-15(12)16-14/h3-9,11,17H,10H2,1-2H3. The minimum absolute atomic E-state index is 0.0895. The molecule has 0 aliphatic heterocycles. The molecule has 0 bridgehead atoms. The monoisotopic (exact) mass is 227 g/mol. The van der Waals surface area contributed by atoms with E-state index in [9.17, 15) is 5.11 Å². The first-order valence-corrected chi connectivity index (χ1v) is 5.88. The number of aliphatic hydroxyl groups excluding tert-OH is 1. The summed E-state index contributed by atoms with van der Waals surface area (Å²) in [7, 11) is 0. The molecule has 0 unspecified atom stereocenters. The van der Waals surface area contributed by atoms with E-state index in [-0.39, 0.29) is 6.61 Å². The fourth-order valence-corrected chi connectivity index (χ4v) is 1.75. The second-order valence-corrected chi connectivity index (χ2v) is 4.46. The lowest BCUT2D eigenvalue weighted by Gasteiger charge is -2.07. The zero-order valence-corrected chi connectivity index (χ0v) is 10.2. The van der Waals surface area contributed by atoms with E-state index in [1.807, 2.05) is 36.4 Å². The van der Waals surface area contributed by atoms with Crippen molar-refractivity contribution in [2.24, 2.45) is 5.92 Å². The van der Waals surface area contributed by atoms with Gasteiger partial charge in [0, 0.05) is 5.39 Å². The quantitative estimate of drug-likeness (QED) is 0.873. The van der Waals surface area contributed by atoms with Crippen molar-refractivity contribution in [1.82, 2.24) is 4.98 Å². The molecule has 17 heavy (non-hydrogen) atoms. The summed E-state index contributed by atoms with van der Waals surface area (Å²) in [6.45, 7) is 4.23. The third-order valence-corrected chi connectivity index (χ3v) is 2.88. The van der Waals surface area contributed by atoms with Gasteiger partial charge in [0.1, 0.15) is 0 Å². The fourth-order valence-electron chi connectivity index (χ4n) is 1.75. The summed E-state index contributed by atoms with van der Waals surface area (Å²) in [4.78, 5) is 4.56. The third-order valence-electron chi connectivity index (χ3n) is 2.88. The van der Waals surface area contributed by atoms with Crippen LogP contribution < -0.4 is 0 Å². The van der Waals surface area contributed by atoms with Gasteiger partial charge in [0.25, 0.3) is 0 Å². The number of hydrogen-bond donors (Lipinski definition) is 1. The number of nitrogens with zero attached hydrogens (tertiary/aromatic N) is 1. The molecule has 2 rings (SSSR count). The van der Waals surface area contributed by atoms with Gasteiger partial charge in [-0.2, -0.15) is 0 Å². The number of pyridine rings is 1. The summed E-state index contributed by atoms with van der Waals surface area (Å²) < 4.78 is 0. The Labute approximate surface area is 102 Å². The predicted molar refractivity (Wildman–Crippen MR) is 71.6 cm³/mol. The van der Waals surface area contributed by atoms with Crippen molar-refractivity contribution in [3.8, 4) is 0 Å². The zero-order valence-electron chi connectivity index (χ0n) is 10.2. The van der Waals surface area contributed by atoms with Crippen LogP contribution in [0.5, 0.6) is 0 Å². The van der Waals surface area contributed by atoms with E-state index in [1.165, 1.54) is 0 Å². The highest BCUT2D eigenvalue weighted by Gasteiger charge is 2.02. The first-order valence-electron chi connectivity index (χ1n) is 5.88. The minimum Gasteiger partial charge on any atom is -0.392 e. The van der Waals surface area contributed by atoms with Crippen LogP contribution in [0.1, 0.15) is 19.5 Å². The Morgan fingerprint density at radius 2 is 2.00 bits per heavy atom. The van der Waals surface area contributed by atoms with Crippen molar-refractivity contribution in [3.05, 3.63) is 47.7 Å². The van der Waals surface area contributed by atoms with E-state index in [2.05, 4.69) is 24.9 Å². The molecule has 1 aromatic heterocycles. The molecule has 0 fully saturated rings. The number of aromatic nitrogens is 1. The van der Waals surface area contributed by atoms with Crippen LogP contribution in [0.25, 0.3) is 17.0 Å². The molecule has 1 aromatic carbocycles. The smallest absolute Gasteiger partial charge is 0.0709 e. The number of hydrogen-bond acceptors (Lipinski definition) is 2. The van der Waals surface area contributed by atoms with Crippen LogP contribution in [-0.4, -0.2) is 16.7 Å². The Bertz CT molecular complexity index is 543. The van der Waals surface area contributed by atoms with Gasteiger partial charge >= 0.3 is 0 Å². The maximum absolute atomic E-state index is 9.27. The summed E-state index contributed by atoms with van der Waals surface area (Å²) in [6.07, 6.45) is 1.97. The molecule has 2 heteroatoms. The number of aliphatic hydroxyl groups is 1. The van der Waals surface area contributed by atoms with Crippen LogP contribution in [0.4, 0.5) is 0 Å². The van der Waals surface area contributed by atoms with Gasteiger partial charge in [0.15, 0.2) is 0 Å². The molecule has 2 nitrogen and oxygen atoms in total. The summed E-state index contributed by atoms with van der Waals surface area (Å²) >= 11 is 0. The van der Waals surface area contributed by atoms with Crippen molar-refractivity contribution in [1.29, 1.82) is 0 Å². The highest BCUT2D eigenvalue weighted by Crippen LogP contribution is 2.16. The van der Waals surface area contributed by atoms with Gasteiger partial charge in [-0.05, 0) is 29.7 Å². The molecule has 0 spiro atoms. The number of fused-ring (bicyclic) bond motifs is 1. The van der Waals surface area contributed by atoms with E-state index in [0.29, 0.717) is 5.92 Å². The Morgan fingerprint density at radius 3 is 2.71 bits per heavy atom. The van der Waals surface area contributed by atoms with Crippen molar-refractivity contribution in [2.75, 3.05) is 6.61 Å². The molecule has 0 saturated heterocycles. The minimum atomic E-state index is 0.0895. The van der Waals surface area contributed by atoms with Gasteiger partial charge < -0.3 is 5.11 Å². The van der Waals surface area contributed by atoms with Gasteiger partial charge in [-0.3, -0.25) is 0 Å². The summed E-state index contributed by atoms with van der Waals surface area (Å²) in [5, 5.41) is 10.4. The molecule has 0 radical (unpaired) electrons. The predicted octanol–water partition coefficient (Wildman–Crippen LogP) is 3.27. The summed E-state index contributed by atoms with van der Waals surface area (Å²) in [6, 6.07) is 12.1. The first kappa shape index (κ1) is 11.8. The van der Waals surface area contributed by atoms with E-state index in [0.717, 1.165) is 22.2 Å². The molecular formula is C15H17NO. The lowest BCUT2D eigenvalue weighted by molar-refractivity contribution is 0.320. The molecule has 0 atom stereocenters. The van der Waals surface area contributed by atoms with Crippen molar-refractivity contribution >= 4 is 17.0 Å². The second-order valence-electron chi connectivity index (χ2n) is 4.46. The van der Waals surface area contributed by atoms with E-state index in [4.69, 9.17) is 0 Å². The van der Waals surface area contributed by atoms with Crippen molar-refractivity contribution in [3.63, 3.8) is 0 Å². The maximum Gasteiger partial charge on any atom is 0.0709 e. The topological polar surface area (TPSA) is 33.1 Å². The highest BCUT2D eigenvalue weighted by atomic mass is 16.3. The molecular weight excluding hydrogens is 210 g/mol. The molecule has 88 valence electrons. The van der Waals surface area contributed by atoms with E-state index < -0.39 is 0 Å². The second kappa shape index (κ2) is 5.11. The van der Waals surface area contributed by atoms with Crippen molar-refractivity contribution < 1.29 is 5.11 Å². The van der Waals surface area contributed by atoms with Crippen LogP contribution in [-0.2, 0) is 0 Å². The van der Waals surface area contributed by atoms with Crippen LogP contribution in [0.3, 0.4) is 0 Å². The van der Waals surface area contributed by atoms with Crippen LogP contribution in [0.2, 0.25) is 0 Å². The molecule has 2 aromatic rings. The summed E-state index contributed by atoms with van der Waals surface area (Å²) in [5.41, 5.74) is 2.90. The highest BCUT2D eigenvalue weighted by molar-refractivity contribution is 5.79. The lowest BCUT2D eigenvalue weighted by Crippen LogP contribution is -1.99. The molecule has 1 N–H and O–H groups in total. The average Bonchev–Trinajstić information content (AvgIpc) is 2.35. The zero-order chi connectivity index (χ0) is 12.3. The lowest BCUT2D eigenvalue weighted by atomic mass is 10.0. The molecule has 1 heterocycles. The Kier molecular flexibility index (Phi) is 3.55. The fraction of sp³-hybridized carbons (Fsp3) is 0.267. The number of rotatable bonds is 3. The van der Waals surface area contributed by atoms with Gasteiger partial charge in [0.05, 0.1) is 17.8 Å². The first-order chi connectivity index (χ1) is 8.20. The number of para-hydroxylation sites is 1. The van der Waals surface area contributed by atoms with Gasteiger partial charge in [-0.15, -0.1) is 0 Å². The van der Waals surface area contributed by atoms with Crippen molar-refractivity contribution in [2.45, 2.75) is 13.8 Å². The summed E-state index contributed by atoms with van der Waals surface area (Å²) in [5.74, 6) is 0.341. The van der Waals surface area contributed by atoms with E-state index >= 15 is 0 Å². The Morgan fingerprint density at radius 1 is 1.24 bits per heavy atom. The van der Waals surface area contributed by atoms with Crippen LogP contribution in [0, 0.1) is 5.92 Å². The molecule has 0 saturated carbocycles. The number of benzene rings is 1. The molecule has 0 aliphatic carbocycles. The average molecular weight is 227 g/mol. The van der Waals surface area contributed by atoms with Gasteiger partial charge in [-0.25, -0.2) is 4.98 Å². The van der Waals surface area contributed by atoms with Gasteiger partial charge in [-0.1, -0.05) is 38.1 Å². The molecule has 0 amide bonds. The Hall–Kier alpha value is -1.67. The normalized spacial score (nSPS) is 12.4. The maximum atomic E-state index is 9.27. The van der Waals surface area contributed by atoms with Gasteiger partial charge in [0.2, 0.25) is 0 Å². The van der Waals surface area contributed by atoms with Crippen LogP contribution in [0.15, 0.2) is 42.0 Å². The molecule has 0 aliphatic rings. The van der Waals surface area contributed by atoms with E-state index in [1.54, 1.807) is 0 Å².